The van der Waals surface area contributed by atoms with E-state index in [2.05, 4.69) is 4.90 Å². The number of benzene rings is 1. The van der Waals surface area contributed by atoms with Crippen molar-refractivity contribution in [2.75, 3.05) is 31.1 Å². The van der Waals surface area contributed by atoms with Gasteiger partial charge in [-0.2, -0.15) is 0 Å². The van der Waals surface area contributed by atoms with Gasteiger partial charge >= 0.3 is 12.1 Å². The number of amides is 1. The standard InChI is InChI=1S/C19H23N3O4/c1-2-25-17(23)13-4-3-5-15(10-13)22-16(20)11-19(26-18(22)24)12-21-8-6-14(19)7-9-21/h3-5,10-11,14H,2,6-9,12,20H2,1H3. The maximum Gasteiger partial charge on any atom is 0.421 e. The Hall–Kier alpha value is -2.54. The van der Waals surface area contributed by atoms with E-state index in [-0.39, 0.29) is 6.61 Å². The summed E-state index contributed by atoms with van der Waals surface area (Å²) in [5, 5.41) is 0. The molecule has 26 heavy (non-hydrogen) atoms. The molecule has 1 aromatic carbocycles. The normalized spacial score (nSPS) is 30.1. The molecule has 1 aromatic rings. The molecule has 1 spiro atoms. The molecule has 3 fully saturated rings. The molecule has 7 heteroatoms. The average molecular weight is 357 g/mol. The molecular weight excluding hydrogens is 334 g/mol. The van der Waals surface area contributed by atoms with Gasteiger partial charge in [0.25, 0.3) is 0 Å². The average Bonchev–Trinajstić information content (AvgIpc) is 2.62. The first-order valence-corrected chi connectivity index (χ1v) is 9.03. The minimum Gasteiger partial charge on any atom is -0.462 e. The van der Waals surface area contributed by atoms with Crippen LogP contribution < -0.4 is 10.6 Å². The van der Waals surface area contributed by atoms with Gasteiger partial charge in [-0.1, -0.05) is 6.07 Å². The van der Waals surface area contributed by atoms with Gasteiger partial charge in [0.2, 0.25) is 0 Å². The number of nitrogens with zero attached hydrogens (tertiary/aromatic N) is 2. The van der Waals surface area contributed by atoms with Crippen LogP contribution >= 0.6 is 0 Å². The van der Waals surface area contributed by atoms with Crippen molar-refractivity contribution < 1.29 is 19.1 Å². The van der Waals surface area contributed by atoms with Gasteiger partial charge in [-0.15, -0.1) is 0 Å². The summed E-state index contributed by atoms with van der Waals surface area (Å²) in [6.45, 7) is 4.82. The van der Waals surface area contributed by atoms with E-state index in [9.17, 15) is 9.59 Å². The molecule has 7 nitrogen and oxygen atoms in total. The van der Waals surface area contributed by atoms with E-state index < -0.39 is 17.7 Å². The van der Waals surface area contributed by atoms with Crippen molar-refractivity contribution in [3.05, 3.63) is 41.7 Å². The molecular formula is C19H23N3O4. The Labute approximate surface area is 152 Å². The predicted octanol–water partition coefficient (Wildman–Crippen LogP) is 2.08. The van der Waals surface area contributed by atoms with Crippen LogP contribution in [0, 0.1) is 5.92 Å². The lowest BCUT2D eigenvalue weighted by atomic mass is 9.74. The van der Waals surface area contributed by atoms with Crippen LogP contribution in [0.5, 0.6) is 0 Å². The second-order valence-electron chi connectivity index (χ2n) is 7.05. The summed E-state index contributed by atoms with van der Waals surface area (Å²) in [5.41, 5.74) is 6.50. The van der Waals surface area contributed by atoms with Gasteiger partial charge in [0.1, 0.15) is 5.82 Å². The Morgan fingerprint density at radius 3 is 2.77 bits per heavy atom. The number of ether oxygens (including phenoxy) is 2. The number of carbonyl (C=O) groups excluding carboxylic acids is 2. The third-order valence-electron chi connectivity index (χ3n) is 5.48. The van der Waals surface area contributed by atoms with Crippen molar-refractivity contribution in [3.8, 4) is 0 Å². The SMILES string of the molecule is CCOC(=O)c1cccc(N2C(=O)OC3(C=C2N)CN2CCC3CC2)c1. The molecule has 0 aromatic heterocycles. The molecule has 1 unspecified atom stereocenters. The van der Waals surface area contributed by atoms with Gasteiger partial charge in [0.05, 0.1) is 17.9 Å². The van der Waals surface area contributed by atoms with E-state index in [0.29, 0.717) is 29.5 Å². The van der Waals surface area contributed by atoms with E-state index >= 15 is 0 Å². The molecule has 0 radical (unpaired) electrons. The molecule has 3 saturated heterocycles. The molecule has 4 aliphatic heterocycles. The molecule has 2 N–H and O–H groups in total. The smallest absolute Gasteiger partial charge is 0.421 e. The minimum atomic E-state index is -0.632. The van der Waals surface area contributed by atoms with E-state index in [1.165, 1.54) is 4.90 Å². The molecule has 0 aliphatic carbocycles. The molecule has 138 valence electrons. The number of rotatable bonds is 3. The van der Waals surface area contributed by atoms with Gasteiger partial charge in [-0.25, -0.2) is 14.5 Å². The lowest BCUT2D eigenvalue weighted by molar-refractivity contribution is -0.0860. The summed E-state index contributed by atoms with van der Waals surface area (Å²) in [6, 6.07) is 6.65. The van der Waals surface area contributed by atoms with Crippen molar-refractivity contribution in [2.24, 2.45) is 11.7 Å². The zero-order valence-corrected chi connectivity index (χ0v) is 14.8. The second-order valence-corrected chi connectivity index (χ2v) is 7.05. The highest BCUT2D eigenvalue weighted by molar-refractivity contribution is 5.96. The molecule has 1 atom stereocenters. The first-order chi connectivity index (χ1) is 12.5. The molecule has 1 amide bonds. The van der Waals surface area contributed by atoms with Crippen LogP contribution in [-0.4, -0.2) is 48.8 Å². The van der Waals surface area contributed by atoms with Crippen molar-refractivity contribution in [3.63, 3.8) is 0 Å². The van der Waals surface area contributed by atoms with Crippen molar-refractivity contribution in [1.82, 2.24) is 4.90 Å². The number of carbonyl (C=O) groups is 2. The van der Waals surface area contributed by atoms with Gasteiger partial charge in [-0.05, 0) is 51.1 Å². The lowest BCUT2D eigenvalue weighted by Crippen LogP contribution is -2.63. The zero-order valence-electron chi connectivity index (χ0n) is 14.8. The maximum atomic E-state index is 12.8. The fourth-order valence-corrected chi connectivity index (χ4v) is 4.24. The Bertz CT molecular complexity index is 770. The predicted molar refractivity (Wildman–Crippen MR) is 95.5 cm³/mol. The Morgan fingerprint density at radius 2 is 2.15 bits per heavy atom. The fraction of sp³-hybridized carbons (Fsp3) is 0.474. The topological polar surface area (TPSA) is 85.1 Å². The van der Waals surface area contributed by atoms with Crippen LogP contribution in [0.2, 0.25) is 0 Å². The van der Waals surface area contributed by atoms with Crippen LogP contribution in [0.4, 0.5) is 10.5 Å². The Balaban J connectivity index is 1.65. The van der Waals surface area contributed by atoms with Crippen LogP contribution in [0.1, 0.15) is 30.1 Å². The highest BCUT2D eigenvalue weighted by Gasteiger charge is 2.51. The van der Waals surface area contributed by atoms with Gasteiger partial charge in [0.15, 0.2) is 5.60 Å². The number of anilines is 1. The lowest BCUT2D eigenvalue weighted by Gasteiger charge is -2.52. The molecule has 2 bridgehead atoms. The number of hydrogen-bond acceptors (Lipinski definition) is 6. The summed E-state index contributed by atoms with van der Waals surface area (Å²) in [6.07, 6.45) is 3.39. The van der Waals surface area contributed by atoms with Crippen LogP contribution in [-0.2, 0) is 9.47 Å². The first-order valence-electron chi connectivity index (χ1n) is 9.03. The van der Waals surface area contributed by atoms with E-state index in [1.807, 2.05) is 6.08 Å². The minimum absolute atomic E-state index is 0.289. The van der Waals surface area contributed by atoms with Crippen molar-refractivity contribution in [2.45, 2.75) is 25.4 Å². The third kappa shape index (κ3) is 2.72. The maximum absolute atomic E-state index is 12.8. The number of hydrogen-bond donors (Lipinski definition) is 1. The number of piperidine rings is 3. The third-order valence-corrected chi connectivity index (χ3v) is 5.48. The van der Waals surface area contributed by atoms with Crippen LogP contribution in [0.25, 0.3) is 0 Å². The van der Waals surface area contributed by atoms with Crippen molar-refractivity contribution in [1.29, 1.82) is 0 Å². The van der Waals surface area contributed by atoms with Gasteiger partial charge in [0, 0.05) is 18.5 Å². The highest BCUT2D eigenvalue weighted by atomic mass is 16.6. The van der Waals surface area contributed by atoms with Gasteiger partial charge < -0.3 is 15.2 Å². The number of fused-ring (bicyclic) bond motifs is 2. The summed E-state index contributed by atoms with van der Waals surface area (Å²) in [7, 11) is 0. The van der Waals surface area contributed by atoms with Crippen LogP contribution in [0.15, 0.2) is 36.2 Å². The Morgan fingerprint density at radius 1 is 1.38 bits per heavy atom. The van der Waals surface area contributed by atoms with E-state index in [4.69, 9.17) is 15.2 Å². The zero-order chi connectivity index (χ0) is 18.3. The largest absolute Gasteiger partial charge is 0.462 e. The summed E-state index contributed by atoms with van der Waals surface area (Å²) < 4.78 is 10.9. The molecule has 5 rings (SSSR count). The van der Waals surface area contributed by atoms with E-state index in [0.717, 1.165) is 25.9 Å². The highest BCUT2D eigenvalue weighted by Crippen LogP contribution is 2.42. The Kier molecular flexibility index (Phi) is 4.11. The van der Waals surface area contributed by atoms with Crippen LogP contribution in [0.3, 0.4) is 0 Å². The summed E-state index contributed by atoms with van der Waals surface area (Å²) >= 11 is 0. The summed E-state index contributed by atoms with van der Waals surface area (Å²) in [5.74, 6) is 0.218. The summed E-state index contributed by atoms with van der Waals surface area (Å²) in [4.78, 5) is 28.4. The monoisotopic (exact) mass is 357 g/mol. The van der Waals surface area contributed by atoms with Crippen molar-refractivity contribution >= 4 is 17.7 Å². The molecule has 4 aliphatic rings. The second kappa shape index (κ2) is 6.32. The molecule has 0 saturated carbocycles. The fourth-order valence-electron chi connectivity index (χ4n) is 4.24. The molecule has 4 heterocycles. The number of nitrogens with two attached hydrogens (primary N) is 1. The van der Waals surface area contributed by atoms with E-state index in [1.54, 1.807) is 31.2 Å². The quantitative estimate of drug-likeness (QED) is 0.834. The first kappa shape index (κ1) is 16.9. The number of esters is 1. The van der Waals surface area contributed by atoms with Gasteiger partial charge in [-0.3, -0.25) is 4.90 Å².